The first-order valence-electron chi connectivity index (χ1n) is 2.98. The molecule has 0 heterocycles. The Morgan fingerprint density at radius 2 is 2.11 bits per heavy atom. The van der Waals surface area contributed by atoms with E-state index in [-0.39, 0.29) is 0 Å². The van der Waals surface area contributed by atoms with Crippen molar-refractivity contribution in [1.29, 1.82) is 0 Å². The Hall–Kier alpha value is -0.150. The summed E-state index contributed by atoms with van der Waals surface area (Å²) < 4.78 is 0. The molecule has 0 saturated carbocycles. The molecule has 1 unspecified atom stereocenters. The maximum absolute atomic E-state index is 5.39. The first-order valence-corrected chi connectivity index (χ1v) is 3.39. The molecule has 0 aliphatic carbocycles. The van der Waals surface area contributed by atoms with Gasteiger partial charge in [0.05, 0.1) is 4.99 Å². The van der Waals surface area contributed by atoms with Crippen LogP contribution in [0.1, 0.15) is 6.92 Å². The molecule has 0 aliphatic rings. The van der Waals surface area contributed by atoms with Crippen molar-refractivity contribution in [2.75, 3.05) is 20.6 Å². The highest BCUT2D eigenvalue weighted by atomic mass is 32.1. The van der Waals surface area contributed by atoms with Gasteiger partial charge in [0.2, 0.25) is 0 Å². The molecule has 9 heavy (non-hydrogen) atoms. The van der Waals surface area contributed by atoms with Crippen molar-refractivity contribution >= 4 is 17.2 Å². The number of hydrogen-bond donors (Lipinski definition) is 1. The molecule has 0 fully saturated rings. The van der Waals surface area contributed by atoms with Crippen molar-refractivity contribution in [2.24, 2.45) is 11.7 Å². The van der Waals surface area contributed by atoms with Gasteiger partial charge in [0.25, 0.3) is 0 Å². The number of nitrogens with zero attached hydrogens (tertiary/aromatic N) is 1. The van der Waals surface area contributed by atoms with Gasteiger partial charge < -0.3 is 10.6 Å². The lowest BCUT2D eigenvalue weighted by molar-refractivity contribution is 0.381. The standard InChI is InChI=1S/C6H14N2S/c1-5(6(7)9)4-8(2)3/h5H,4H2,1-3H3,(H2,7,9). The Kier molecular flexibility index (Phi) is 3.73. The second-order valence-electron chi connectivity index (χ2n) is 2.57. The van der Waals surface area contributed by atoms with E-state index >= 15 is 0 Å². The van der Waals surface area contributed by atoms with Crippen LogP contribution in [0.4, 0.5) is 0 Å². The van der Waals surface area contributed by atoms with Crippen molar-refractivity contribution in [2.45, 2.75) is 6.92 Å². The third kappa shape index (κ3) is 4.36. The van der Waals surface area contributed by atoms with Gasteiger partial charge in [0.1, 0.15) is 0 Å². The maximum atomic E-state index is 5.39. The number of thiocarbonyl (C=S) groups is 1. The van der Waals surface area contributed by atoms with E-state index in [1.165, 1.54) is 0 Å². The molecule has 3 heteroatoms. The quantitative estimate of drug-likeness (QED) is 0.587. The highest BCUT2D eigenvalue weighted by Gasteiger charge is 2.04. The predicted octanol–water partition coefficient (Wildman–Crippen LogP) is 0.470. The molecular formula is C6H14N2S. The molecular weight excluding hydrogens is 132 g/mol. The molecule has 0 aromatic rings. The molecule has 0 aliphatic heterocycles. The van der Waals surface area contributed by atoms with E-state index in [0.717, 1.165) is 6.54 Å². The zero-order valence-corrected chi connectivity index (χ0v) is 7.03. The van der Waals surface area contributed by atoms with Gasteiger partial charge in [-0.05, 0) is 14.1 Å². The zero-order valence-electron chi connectivity index (χ0n) is 6.22. The third-order valence-corrected chi connectivity index (χ3v) is 1.53. The predicted molar refractivity (Wildman–Crippen MR) is 44.5 cm³/mol. The Balaban J connectivity index is 3.50. The Labute approximate surface area is 62.0 Å². The van der Waals surface area contributed by atoms with Crippen molar-refractivity contribution in [3.05, 3.63) is 0 Å². The third-order valence-electron chi connectivity index (χ3n) is 1.12. The van der Waals surface area contributed by atoms with Crippen LogP contribution in [0.2, 0.25) is 0 Å². The fourth-order valence-electron chi connectivity index (χ4n) is 0.638. The van der Waals surface area contributed by atoms with Gasteiger partial charge in [-0.3, -0.25) is 0 Å². The second kappa shape index (κ2) is 3.80. The highest BCUT2D eigenvalue weighted by Crippen LogP contribution is 1.95. The molecule has 0 aromatic carbocycles. The van der Waals surface area contributed by atoms with E-state index in [9.17, 15) is 0 Å². The van der Waals surface area contributed by atoms with Crippen molar-refractivity contribution in [3.8, 4) is 0 Å². The molecule has 0 rings (SSSR count). The summed E-state index contributed by atoms with van der Waals surface area (Å²) in [7, 11) is 4.02. The minimum absolute atomic E-state index is 0.329. The van der Waals surface area contributed by atoms with E-state index in [1.807, 2.05) is 21.0 Å². The average Bonchev–Trinajstić information content (AvgIpc) is 1.63. The molecule has 0 amide bonds. The largest absolute Gasteiger partial charge is 0.393 e. The van der Waals surface area contributed by atoms with Crippen LogP contribution in [0, 0.1) is 5.92 Å². The highest BCUT2D eigenvalue weighted by molar-refractivity contribution is 7.80. The summed E-state index contributed by atoms with van der Waals surface area (Å²) in [6.07, 6.45) is 0. The molecule has 0 aromatic heterocycles. The Morgan fingerprint density at radius 3 is 2.22 bits per heavy atom. The van der Waals surface area contributed by atoms with Gasteiger partial charge in [-0.2, -0.15) is 0 Å². The summed E-state index contributed by atoms with van der Waals surface area (Å²) in [4.78, 5) is 2.67. The normalized spacial score (nSPS) is 13.8. The van der Waals surface area contributed by atoms with Gasteiger partial charge in [-0.25, -0.2) is 0 Å². The molecule has 0 bridgehead atoms. The lowest BCUT2D eigenvalue weighted by Gasteiger charge is -2.14. The first kappa shape index (κ1) is 8.85. The van der Waals surface area contributed by atoms with Gasteiger partial charge in [-0.15, -0.1) is 0 Å². The summed E-state index contributed by atoms with van der Waals surface area (Å²) in [5.41, 5.74) is 5.39. The lowest BCUT2D eigenvalue weighted by Crippen LogP contribution is -2.28. The molecule has 2 nitrogen and oxygen atoms in total. The van der Waals surface area contributed by atoms with Crippen LogP contribution in [0.5, 0.6) is 0 Å². The van der Waals surface area contributed by atoms with E-state index < -0.39 is 0 Å². The van der Waals surface area contributed by atoms with Crippen molar-refractivity contribution < 1.29 is 0 Å². The van der Waals surface area contributed by atoms with Crippen LogP contribution in [0.25, 0.3) is 0 Å². The molecule has 54 valence electrons. The van der Waals surface area contributed by atoms with Gasteiger partial charge in [0.15, 0.2) is 0 Å². The molecule has 0 spiro atoms. The smallest absolute Gasteiger partial charge is 0.0768 e. The summed E-state index contributed by atoms with van der Waals surface area (Å²) in [5.74, 6) is 0.329. The van der Waals surface area contributed by atoms with E-state index in [0.29, 0.717) is 10.9 Å². The Morgan fingerprint density at radius 1 is 1.67 bits per heavy atom. The van der Waals surface area contributed by atoms with Crippen molar-refractivity contribution in [3.63, 3.8) is 0 Å². The monoisotopic (exact) mass is 146 g/mol. The van der Waals surface area contributed by atoms with Crippen LogP contribution >= 0.6 is 12.2 Å². The van der Waals surface area contributed by atoms with Crippen LogP contribution < -0.4 is 5.73 Å². The van der Waals surface area contributed by atoms with E-state index in [4.69, 9.17) is 18.0 Å². The summed E-state index contributed by atoms with van der Waals surface area (Å²) >= 11 is 4.79. The fourth-order valence-corrected chi connectivity index (χ4v) is 0.712. The number of nitrogens with two attached hydrogens (primary N) is 1. The topological polar surface area (TPSA) is 29.3 Å². The average molecular weight is 146 g/mol. The summed E-state index contributed by atoms with van der Waals surface area (Å²) in [6, 6.07) is 0. The zero-order chi connectivity index (χ0) is 7.44. The van der Waals surface area contributed by atoms with Gasteiger partial charge in [-0.1, -0.05) is 19.1 Å². The molecule has 0 saturated heterocycles. The SMILES string of the molecule is CC(CN(C)C)C(N)=S. The van der Waals surface area contributed by atoms with E-state index in [2.05, 4.69) is 4.90 Å². The van der Waals surface area contributed by atoms with Gasteiger partial charge in [0, 0.05) is 12.5 Å². The number of hydrogen-bond acceptors (Lipinski definition) is 2. The molecule has 2 N–H and O–H groups in total. The van der Waals surface area contributed by atoms with Crippen LogP contribution in [-0.4, -0.2) is 30.5 Å². The van der Waals surface area contributed by atoms with Crippen LogP contribution in [-0.2, 0) is 0 Å². The number of rotatable bonds is 3. The van der Waals surface area contributed by atoms with Gasteiger partial charge >= 0.3 is 0 Å². The van der Waals surface area contributed by atoms with Crippen molar-refractivity contribution in [1.82, 2.24) is 4.90 Å². The van der Waals surface area contributed by atoms with Crippen LogP contribution in [0.3, 0.4) is 0 Å². The maximum Gasteiger partial charge on any atom is 0.0768 e. The lowest BCUT2D eigenvalue weighted by atomic mass is 10.2. The summed E-state index contributed by atoms with van der Waals surface area (Å²) in [6.45, 7) is 2.97. The Bertz CT molecular complexity index is 101. The molecule has 0 radical (unpaired) electrons. The molecule has 1 atom stereocenters. The van der Waals surface area contributed by atoms with Crippen LogP contribution in [0.15, 0.2) is 0 Å². The first-order chi connectivity index (χ1) is 4.04. The summed E-state index contributed by atoms with van der Waals surface area (Å²) in [5, 5.41) is 0. The fraction of sp³-hybridized carbons (Fsp3) is 0.833. The minimum atomic E-state index is 0.329. The second-order valence-corrected chi connectivity index (χ2v) is 3.04. The minimum Gasteiger partial charge on any atom is -0.393 e. The van der Waals surface area contributed by atoms with E-state index in [1.54, 1.807) is 0 Å².